The van der Waals surface area contributed by atoms with Gasteiger partial charge < -0.3 is 0 Å². The molecule has 2 rings (SSSR count). The molecule has 2 atom stereocenters. The molecule has 0 aliphatic heterocycles. The quantitative estimate of drug-likeness (QED) is 0.796. The van der Waals surface area contributed by atoms with Gasteiger partial charge in [0.25, 0.3) is 0 Å². The van der Waals surface area contributed by atoms with Gasteiger partial charge in [0.1, 0.15) is 0 Å². The number of imidazole rings is 1. The van der Waals surface area contributed by atoms with Crippen LogP contribution >= 0.6 is 23.2 Å². The van der Waals surface area contributed by atoms with Crippen LogP contribution in [0, 0.1) is 0 Å². The summed E-state index contributed by atoms with van der Waals surface area (Å²) in [6.45, 7) is 0.890. The summed E-state index contributed by atoms with van der Waals surface area (Å²) in [5.41, 5.74) is 1.14. The summed E-state index contributed by atoms with van der Waals surface area (Å²) < 4.78 is 2.45. The monoisotopic (exact) mass is 316 g/mol. The Morgan fingerprint density at radius 3 is 2.81 bits per heavy atom. The number of halogens is 2. The molecule has 0 radical (unpaired) electrons. The Balaban J connectivity index is 2.17. The zero-order valence-corrected chi connectivity index (χ0v) is 12.4. The molecule has 0 amide bonds. The van der Waals surface area contributed by atoms with Crippen molar-refractivity contribution >= 4 is 40.1 Å². The predicted octanol–water partition coefficient (Wildman–Crippen LogP) is 2.56. The average molecular weight is 317 g/mol. The number of rotatable bonds is 3. The summed E-state index contributed by atoms with van der Waals surface area (Å²) in [5, 5.41) is 1.41. The van der Waals surface area contributed by atoms with E-state index in [1.54, 1.807) is 29.1 Å². The topological polar surface area (TPSA) is 17.8 Å². The van der Waals surface area contributed by atoms with E-state index in [1.165, 1.54) is 0 Å². The Kier molecular flexibility index (Phi) is 3.96. The molecule has 0 aliphatic rings. The summed E-state index contributed by atoms with van der Waals surface area (Å²) in [5.74, 6) is 0. The van der Waals surface area contributed by atoms with Crippen molar-refractivity contribution in [1.29, 1.82) is 0 Å². The second kappa shape index (κ2) is 5.27. The second-order valence-electron chi connectivity index (χ2n) is 3.53. The minimum absolute atomic E-state index is 0.395. The summed E-state index contributed by atoms with van der Waals surface area (Å²) >= 11 is 13.7. The molecule has 1 aromatic heterocycles. The van der Waals surface area contributed by atoms with Crippen LogP contribution in [0.25, 0.3) is 0 Å². The first-order chi connectivity index (χ1) is 7.66. The van der Waals surface area contributed by atoms with Gasteiger partial charge >= 0.3 is 113 Å². The van der Waals surface area contributed by atoms with Gasteiger partial charge in [0.05, 0.1) is 0 Å². The van der Waals surface area contributed by atoms with Crippen LogP contribution in [0.3, 0.4) is 0 Å². The average Bonchev–Trinajstić information content (AvgIpc) is 2.70. The zero-order valence-electron chi connectivity index (χ0n) is 8.48. The maximum absolute atomic E-state index is 6.17. The predicted molar refractivity (Wildman–Crippen MR) is 70.0 cm³/mol. The molecule has 1 heterocycles. The van der Waals surface area contributed by atoms with Crippen molar-refractivity contribution in [2.24, 2.45) is 0 Å². The number of benzene rings is 1. The fourth-order valence-corrected chi connectivity index (χ4v) is 3.41. The first-order valence-electron chi connectivity index (χ1n) is 4.83. The third kappa shape index (κ3) is 2.82. The molecular weight excluding hydrogens is 306 g/mol. The molecule has 0 N–H and O–H groups in total. The molecule has 0 aliphatic carbocycles. The summed E-state index contributed by atoms with van der Waals surface area (Å²) in [7, 11) is 0. The van der Waals surface area contributed by atoms with Gasteiger partial charge in [-0.3, -0.25) is 0 Å². The molecule has 2 unspecified atom stereocenters. The molecule has 2 nitrogen and oxygen atoms in total. The van der Waals surface area contributed by atoms with E-state index in [0.29, 0.717) is 9.73 Å². The fourth-order valence-electron chi connectivity index (χ4n) is 1.52. The van der Waals surface area contributed by atoms with Crippen LogP contribution in [0.1, 0.15) is 10.3 Å². The Labute approximate surface area is 113 Å². The standard InChI is InChI=1S/C11H11AsCl2N2/c12-10(6-16-4-3-15-7-16)9-2-1-8(13)5-11(9)14/h1-5,7,10H,6,12H2. The van der Waals surface area contributed by atoms with E-state index in [2.05, 4.69) is 9.55 Å². The molecule has 1 aromatic carbocycles. The van der Waals surface area contributed by atoms with Gasteiger partial charge in [-0.1, -0.05) is 0 Å². The van der Waals surface area contributed by atoms with E-state index >= 15 is 0 Å². The Bertz CT molecular complexity index is 471. The molecule has 16 heavy (non-hydrogen) atoms. The fraction of sp³-hybridized carbons (Fsp3) is 0.182. The van der Waals surface area contributed by atoms with E-state index in [1.807, 2.05) is 24.7 Å². The summed E-state index contributed by atoms with van der Waals surface area (Å²) in [6.07, 6.45) is 5.55. The number of hydrogen-bond donors (Lipinski definition) is 0. The van der Waals surface area contributed by atoms with Crippen LogP contribution < -0.4 is 0 Å². The zero-order chi connectivity index (χ0) is 11.5. The van der Waals surface area contributed by atoms with Gasteiger partial charge in [-0.2, -0.15) is 0 Å². The maximum atomic E-state index is 6.17. The van der Waals surface area contributed by atoms with Crippen molar-refractivity contribution in [3.05, 3.63) is 52.5 Å². The third-order valence-corrected chi connectivity index (χ3v) is 4.09. The molecule has 0 saturated carbocycles. The Hall–Kier alpha value is -0.432. The normalized spacial score (nSPS) is 12.7. The SMILES string of the molecule is Clc1ccc(C([AsH2])Cn2ccnc2)c(Cl)c1. The molecule has 5 heteroatoms. The Morgan fingerprint density at radius 2 is 2.19 bits per heavy atom. The molecule has 0 spiro atoms. The number of hydrogen-bond acceptors (Lipinski definition) is 1. The van der Waals surface area contributed by atoms with Crippen molar-refractivity contribution in [2.45, 2.75) is 11.3 Å². The second-order valence-corrected chi connectivity index (χ2v) is 6.06. The number of aromatic nitrogens is 2. The van der Waals surface area contributed by atoms with Gasteiger partial charge in [0.15, 0.2) is 0 Å². The van der Waals surface area contributed by atoms with Crippen molar-refractivity contribution in [2.75, 3.05) is 0 Å². The van der Waals surface area contributed by atoms with E-state index in [-0.39, 0.29) is 0 Å². The third-order valence-electron chi connectivity index (χ3n) is 2.33. The molecular formula is C11H11AsCl2N2. The van der Waals surface area contributed by atoms with E-state index in [0.717, 1.165) is 17.1 Å². The van der Waals surface area contributed by atoms with Crippen LogP contribution in [-0.2, 0) is 6.54 Å². The number of nitrogens with zero attached hydrogens (tertiary/aromatic N) is 2. The Morgan fingerprint density at radius 1 is 1.38 bits per heavy atom. The minimum atomic E-state index is 0.395. The van der Waals surface area contributed by atoms with Gasteiger partial charge in [-0.25, -0.2) is 0 Å². The van der Waals surface area contributed by atoms with E-state index in [4.69, 9.17) is 23.2 Å². The van der Waals surface area contributed by atoms with Crippen LogP contribution in [0.4, 0.5) is 0 Å². The van der Waals surface area contributed by atoms with Crippen LogP contribution in [0.5, 0.6) is 0 Å². The summed E-state index contributed by atoms with van der Waals surface area (Å²) in [4.78, 5) is 4.02. The van der Waals surface area contributed by atoms with Crippen LogP contribution in [-0.4, -0.2) is 26.4 Å². The van der Waals surface area contributed by atoms with Crippen molar-refractivity contribution in [3.63, 3.8) is 0 Å². The first-order valence-corrected chi connectivity index (χ1v) is 6.98. The summed E-state index contributed by atoms with van der Waals surface area (Å²) in [6, 6.07) is 5.66. The molecule has 84 valence electrons. The van der Waals surface area contributed by atoms with Gasteiger partial charge in [-0.15, -0.1) is 0 Å². The van der Waals surface area contributed by atoms with Crippen LogP contribution in [0.2, 0.25) is 10.0 Å². The first kappa shape index (κ1) is 12.0. The van der Waals surface area contributed by atoms with Crippen LogP contribution in [0.15, 0.2) is 36.9 Å². The van der Waals surface area contributed by atoms with Crippen molar-refractivity contribution < 1.29 is 0 Å². The van der Waals surface area contributed by atoms with E-state index < -0.39 is 0 Å². The van der Waals surface area contributed by atoms with Crippen molar-refractivity contribution in [3.8, 4) is 0 Å². The molecule has 0 fully saturated rings. The van der Waals surface area contributed by atoms with Crippen molar-refractivity contribution in [1.82, 2.24) is 9.55 Å². The van der Waals surface area contributed by atoms with Gasteiger partial charge in [0, 0.05) is 0 Å². The molecule has 0 bridgehead atoms. The van der Waals surface area contributed by atoms with E-state index in [9.17, 15) is 0 Å². The van der Waals surface area contributed by atoms with Gasteiger partial charge in [0.2, 0.25) is 0 Å². The molecule has 0 saturated heterocycles. The van der Waals surface area contributed by atoms with Gasteiger partial charge in [-0.05, 0) is 0 Å². The molecule has 2 aromatic rings.